The number of anilines is 1. The minimum absolute atomic E-state index is 0.000955. The second-order valence-corrected chi connectivity index (χ2v) is 5.49. The number of aromatic nitrogens is 4. The Morgan fingerprint density at radius 1 is 1.40 bits per heavy atom. The Hall–Kier alpha value is -1.96. The second-order valence-electron chi connectivity index (χ2n) is 4.74. The molecule has 2 aromatic rings. The number of carbonyl (C=O) groups is 1. The first kappa shape index (κ1) is 13.0. The van der Waals surface area contributed by atoms with E-state index in [4.69, 9.17) is 0 Å². The number of fused-ring (bicyclic) bond motifs is 1. The van der Waals surface area contributed by atoms with Gasteiger partial charge in [0.15, 0.2) is 10.8 Å². The number of aryl methyl sites for hydroxylation is 1. The zero-order chi connectivity index (χ0) is 14.3. The van der Waals surface area contributed by atoms with Gasteiger partial charge >= 0.3 is 0 Å². The van der Waals surface area contributed by atoms with Gasteiger partial charge in [-0.2, -0.15) is 4.37 Å². The fourth-order valence-electron chi connectivity index (χ4n) is 2.56. The third kappa shape index (κ3) is 1.87. The molecule has 106 valence electrons. The van der Waals surface area contributed by atoms with Crippen LogP contribution in [0.25, 0.3) is 10.8 Å². The number of carbonyl (C=O) groups excluding carboxylic acids is 1. The van der Waals surface area contributed by atoms with Crippen LogP contribution >= 0.6 is 11.5 Å². The summed E-state index contributed by atoms with van der Waals surface area (Å²) in [6.45, 7) is 5.29. The van der Waals surface area contributed by atoms with E-state index in [1.165, 1.54) is 11.5 Å². The van der Waals surface area contributed by atoms with Crippen molar-refractivity contribution >= 4 is 23.8 Å². The number of nitrogens with one attached hydrogen (secondary N) is 1. The van der Waals surface area contributed by atoms with Crippen molar-refractivity contribution in [1.82, 2.24) is 23.8 Å². The van der Waals surface area contributed by atoms with Crippen LogP contribution < -0.4 is 5.32 Å². The number of hydrogen-bond donors (Lipinski definition) is 1. The highest BCUT2D eigenvalue weighted by Crippen LogP contribution is 2.35. The molecular formula is C12H16N6OS. The maximum atomic E-state index is 11.1. The van der Waals surface area contributed by atoms with Gasteiger partial charge in [0.05, 0.1) is 11.7 Å². The molecule has 0 bridgehead atoms. The summed E-state index contributed by atoms with van der Waals surface area (Å²) in [5, 5.41) is 3.93. The Labute approximate surface area is 120 Å². The Balaban J connectivity index is 2.13. The number of rotatable bonds is 3. The Kier molecular flexibility index (Phi) is 3.17. The predicted octanol–water partition coefficient (Wildman–Crippen LogP) is 1.28. The molecular weight excluding hydrogens is 276 g/mol. The van der Waals surface area contributed by atoms with Gasteiger partial charge in [-0.15, -0.1) is 0 Å². The van der Waals surface area contributed by atoms with Gasteiger partial charge in [0, 0.05) is 20.1 Å². The summed E-state index contributed by atoms with van der Waals surface area (Å²) in [7, 11) is 1.84. The van der Waals surface area contributed by atoms with Crippen molar-refractivity contribution in [2.24, 2.45) is 0 Å². The number of hydrogen-bond acceptors (Lipinski definition) is 6. The van der Waals surface area contributed by atoms with Crippen LogP contribution in [0.15, 0.2) is 0 Å². The molecule has 1 aliphatic rings. The van der Waals surface area contributed by atoms with Gasteiger partial charge in [0.2, 0.25) is 6.41 Å². The lowest BCUT2D eigenvalue weighted by Gasteiger charge is -2.32. The second kappa shape index (κ2) is 4.86. The number of nitrogens with zero attached hydrogens (tertiary/aromatic N) is 5. The van der Waals surface area contributed by atoms with Crippen molar-refractivity contribution in [3.8, 4) is 10.8 Å². The molecule has 0 aliphatic carbocycles. The van der Waals surface area contributed by atoms with E-state index in [9.17, 15) is 4.79 Å². The summed E-state index contributed by atoms with van der Waals surface area (Å²) in [6, 6.07) is -0.000955. The van der Waals surface area contributed by atoms with E-state index < -0.39 is 0 Å². The molecule has 1 amide bonds. The summed E-state index contributed by atoms with van der Waals surface area (Å²) < 4.78 is 6.35. The van der Waals surface area contributed by atoms with Crippen molar-refractivity contribution in [3.63, 3.8) is 0 Å². The minimum Gasteiger partial charge on any atom is -0.372 e. The fourth-order valence-corrected chi connectivity index (χ4v) is 3.23. The Morgan fingerprint density at radius 2 is 2.20 bits per heavy atom. The van der Waals surface area contributed by atoms with Crippen LogP contribution in [0.4, 0.5) is 5.82 Å². The Bertz CT molecular complexity index is 648. The van der Waals surface area contributed by atoms with Gasteiger partial charge in [-0.3, -0.25) is 4.79 Å². The molecule has 0 fully saturated rings. The molecule has 0 spiro atoms. The molecule has 0 saturated heterocycles. The van der Waals surface area contributed by atoms with E-state index in [0.717, 1.165) is 41.1 Å². The van der Waals surface area contributed by atoms with Gasteiger partial charge in [0.1, 0.15) is 11.6 Å². The maximum absolute atomic E-state index is 11.1. The SMILES string of the molecule is CNc1nc(-c2nc(C)ns2)n2c1C(C)N(C=O)CC2. The summed E-state index contributed by atoms with van der Waals surface area (Å²) in [6.07, 6.45) is 0.898. The summed E-state index contributed by atoms with van der Waals surface area (Å²) in [5.74, 6) is 2.38. The number of amides is 1. The topological polar surface area (TPSA) is 75.9 Å². The molecule has 1 atom stereocenters. The molecule has 1 aliphatic heterocycles. The van der Waals surface area contributed by atoms with Crippen LogP contribution in [-0.4, -0.2) is 43.8 Å². The van der Waals surface area contributed by atoms with E-state index in [1.807, 2.05) is 20.9 Å². The van der Waals surface area contributed by atoms with Gasteiger partial charge < -0.3 is 14.8 Å². The van der Waals surface area contributed by atoms with Crippen molar-refractivity contribution < 1.29 is 4.79 Å². The first-order valence-corrected chi connectivity index (χ1v) is 7.23. The van der Waals surface area contributed by atoms with Gasteiger partial charge in [-0.1, -0.05) is 0 Å². The van der Waals surface area contributed by atoms with Crippen LogP contribution in [0.2, 0.25) is 0 Å². The largest absolute Gasteiger partial charge is 0.372 e. The van der Waals surface area contributed by atoms with Crippen molar-refractivity contribution in [1.29, 1.82) is 0 Å². The van der Waals surface area contributed by atoms with Crippen molar-refractivity contribution in [2.75, 3.05) is 18.9 Å². The Morgan fingerprint density at radius 3 is 2.80 bits per heavy atom. The quantitative estimate of drug-likeness (QED) is 0.863. The van der Waals surface area contributed by atoms with Crippen LogP contribution in [0.1, 0.15) is 24.5 Å². The molecule has 1 N–H and O–H groups in total. The molecule has 0 radical (unpaired) electrons. The van der Waals surface area contributed by atoms with Gasteiger partial charge in [-0.05, 0) is 25.4 Å². The highest BCUT2D eigenvalue weighted by molar-refractivity contribution is 7.09. The highest BCUT2D eigenvalue weighted by Gasteiger charge is 2.30. The van der Waals surface area contributed by atoms with Gasteiger partial charge in [0.25, 0.3) is 0 Å². The molecule has 20 heavy (non-hydrogen) atoms. The van der Waals surface area contributed by atoms with Crippen molar-refractivity contribution in [2.45, 2.75) is 26.4 Å². The zero-order valence-electron chi connectivity index (χ0n) is 11.6. The average molecular weight is 292 g/mol. The third-order valence-electron chi connectivity index (χ3n) is 3.57. The summed E-state index contributed by atoms with van der Waals surface area (Å²) in [5.41, 5.74) is 1.02. The van der Waals surface area contributed by atoms with E-state index in [-0.39, 0.29) is 6.04 Å². The standard InChI is InChI=1S/C12H16N6OS/c1-7-9-10(13-3)15-11(12-14-8(2)16-20-12)18(9)5-4-17(7)6-19/h6-7,13H,4-5H2,1-3H3. The third-order valence-corrected chi connectivity index (χ3v) is 4.38. The van der Waals surface area contributed by atoms with Crippen LogP contribution in [-0.2, 0) is 11.3 Å². The molecule has 0 aromatic carbocycles. The molecule has 8 heteroatoms. The maximum Gasteiger partial charge on any atom is 0.210 e. The predicted molar refractivity (Wildman–Crippen MR) is 76.6 cm³/mol. The first-order chi connectivity index (χ1) is 9.65. The van der Waals surface area contributed by atoms with Crippen LogP contribution in [0, 0.1) is 6.92 Å². The zero-order valence-corrected chi connectivity index (χ0v) is 12.4. The highest BCUT2D eigenvalue weighted by atomic mass is 32.1. The molecule has 1 unspecified atom stereocenters. The monoisotopic (exact) mass is 292 g/mol. The van der Waals surface area contributed by atoms with Gasteiger partial charge in [-0.25, -0.2) is 9.97 Å². The molecule has 0 saturated carbocycles. The van der Waals surface area contributed by atoms with Crippen LogP contribution in [0.3, 0.4) is 0 Å². The lowest BCUT2D eigenvalue weighted by atomic mass is 10.1. The summed E-state index contributed by atoms with van der Waals surface area (Å²) >= 11 is 1.35. The van der Waals surface area contributed by atoms with E-state index in [1.54, 1.807) is 4.90 Å². The molecule has 7 nitrogen and oxygen atoms in total. The average Bonchev–Trinajstić information content (AvgIpc) is 3.03. The first-order valence-electron chi connectivity index (χ1n) is 6.45. The van der Waals surface area contributed by atoms with E-state index in [2.05, 4.69) is 24.2 Å². The number of imidazole rings is 1. The molecule has 3 heterocycles. The lowest BCUT2D eigenvalue weighted by Crippen LogP contribution is -2.36. The normalized spacial score (nSPS) is 17.9. The van der Waals surface area contributed by atoms with Crippen LogP contribution in [0.5, 0.6) is 0 Å². The van der Waals surface area contributed by atoms with E-state index >= 15 is 0 Å². The molecule has 2 aromatic heterocycles. The minimum atomic E-state index is -0.000955. The summed E-state index contributed by atoms with van der Waals surface area (Å²) in [4.78, 5) is 21.9. The van der Waals surface area contributed by atoms with Crippen molar-refractivity contribution in [3.05, 3.63) is 11.5 Å². The molecule has 3 rings (SSSR count). The fraction of sp³-hybridized carbons (Fsp3) is 0.500. The van der Waals surface area contributed by atoms with E-state index in [0.29, 0.717) is 6.54 Å². The lowest BCUT2D eigenvalue weighted by molar-refractivity contribution is -0.120. The smallest absolute Gasteiger partial charge is 0.210 e.